The Morgan fingerprint density at radius 2 is 1.97 bits per heavy atom. The minimum absolute atomic E-state index is 0.0798. The summed E-state index contributed by atoms with van der Waals surface area (Å²) >= 11 is 7.70. The lowest BCUT2D eigenvalue weighted by Gasteiger charge is -2.35. The van der Waals surface area contributed by atoms with Crippen LogP contribution in [0.5, 0.6) is 0 Å². The number of halogens is 2. The first-order valence-electron chi connectivity index (χ1n) is 11.1. The second-order valence-corrected chi connectivity index (χ2v) is 9.86. The minimum atomic E-state index is -0.315. The van der Waals surface area contributed by atoms with E-state index in [1.807, 2.05) is 30.0 Å². The number of carbonyl (C=O) groups is 1. The molecule has 6 nitrogen and oxygen atoms in total. The summed E-state index contributed by atoms with van der Waals surface area (Å²) in [5.74, 6) is 0.389. The van der Waals surface area contributed by atoms with Gasteiger partial charge in [0.25, 0.3) is 5.91 Å². The minimum Gasteiger partial charge on any atom is -0.421 e. The Balaban J connectivity index is 1.39. The maximum absolute atomic E-state index is 13.7. The normalized spacial score (nSPS) is 16.1. The second kappa shape index (κ2) is 9.64. The van der Waals surface area contributed by atoms with Gasteiger partial charge in [-0.05, 0) is 56.0 Å². The molecule has 1 saturated heterocycles. The number of piperidine rings is 1. The lowest BCUT2D eigenvalue weighted by atomic mass is 9.98. The number of thiazole rings is 1. The zero-order valence-electron chi connectivity index (χ0n) is 18.5. The summed E-state index contributed by atoms with van der Waals surface area (Å²) in [5, 5.41) is 9.70. The number of benzene rings is 2. The Kier molecular flexibility index (Phi) is 6.43. The predicted molar refractivity (Wildman–Crippen MR) is 129 cm³/mol. The fourth-order valence-electron chi connectivity index (χ4n) is 4.27. The highest BCUT2D eigenvalue weighted by Gasteiger charge is 2.32. The molecule has 1 unspecified atom stereocenters. The van der Waals surface area contributed by atoms with Crippen LogP contribution >= 0.6 is 22.9 Å². The van der Waals surface area contributed by atoms with Gasteiger partial charge in [-0.25, -0.2) is 9.37 Å². The van der Waals surface area contributed by atoms with E-state index in [0.717, 1.165) is 34.7 Å². The molecule has 4 aromatic rings. The van der Waals surface area contributed by atoms with Crippen molar-refractivity contribution in [3.8, 4) is 21.9 Å². The van der Waals surface area contributed by atoms with Crippen molar-refractivity contribution in [2.24, 2.45) is 0 Å². The molecular weight excluding hydrogens is 475 g/mol. The third-order valence-corrected chi connectivity index (χ3v) is 7.26. The zero-order valence-corrected chi connectivity index (χ0v) is 20.1. The van der Waals surface area contributed by atoms with E-state index in [2.05, 4.69) is 15.2 Å². The first-order valence-corrected chi connectivity index (χ1v) is 12.3. The Morgan fingerprint density at radius 1 is 1.18 bits per heavy atom. The van der Waals surface area contributed by atoms with Crippen molar-refractivity contribution < 1.29 is 13.6 Å². The molecule has 1 fully saturated rings. The number of aromatic nitrogens is 3. The van der Waals surface area contributed by atoms with Gasteiger partial charge in [0.1, 0.15) is 11.5 Å². The first-order chi connectivity index (χ1) is 16.5. The Hall–Kier alpha value is -3.10. The van der Waals surface area contributed by atoms with Gasteiger partial charge in [-0.3, -0.25) is 4.79 Å². The van der Waals surface area contributed by atoms with E-state index in [1.165, 1.54) is 23.5 Å². The molecule has 1 aliphatic heterocycles. The van der Waals surface area contributed by atoms with Crippen molar-refractivity contribution in [3.63, 3.8) is 0 Å². The summed E-state index contributed by atoms with van der Waals surface area (Å²) in [7, 11) is 0. The average Bonchev–Trinajstić information content (AvgIpc) is 3.46. The van der Waals surface area contributed by atoms with Gasteiger partial charge in [0.15, 0.2) is 0 Å². The molecular formula is C25H22ClFN4O2S. The summed E-state index contributed by atoms with van der Waals surface area (Å²) < 4.78 is 19.3. The van der Waals surface area contributed by atoms with Gasteiger partial charge < -0.3 is 9.32 Å². The SMILES string of the molecule is Cc1nc(C(=O)N2CCCCC2Cc2nnc(-c3ccccc3Cl)o2)c(-c2ccc(F)cc2)s1. The lowest BCUT2D eigenvalue weighted by molar-refractivity contribution is 0.0601. The summed E-state index contributed by atoms with van der Waals surface area (Å²) in [4.78, 5) is 20.8. The number of nitrogens with zero attached hydrogens (tertiary/aromatic N) is 4. The predicted octanol–water partition coefficient (Wildman–Crippen LogP) is 6.20. The number of likely N-dealkylation sites (tertiary alicyclic amines) is 1. The maximum Gasteiger partial charge on any atom is 0.274 e. The molecule has 1 aliphatic rings. The van der Waals surface area contributed by atoms with E-state index < -0.39 is 0 Å². The topological polar surface area (TPSA) is 72.1 Å². The van der Waals surface area contributed by atoms with Gasteiger partial charge in [-0.1, -0.05) is 35.9 Å². The molecule has 3 heterocycles. The highest BCUT2D eigenvalue weighted by molar-refractivity contribution is 7.15. The Morgan fingerprint density at radius 3 is 2.76 bits per heavy atom. The summed E-state index contributed by atoms with van der Waals surface area (Å²) in [6, 6.07) is 13.4. The monoisotopic (exact) mass is 496 g/mol. The molecule has 0 N–H and O–H groups in total. The molecule has 34 heavy (non-hydrogen) atoms. The molecule has 0 aliphatic carbocycles. The van der Waals surface area contributed by atoms with Crippen molar-refractivity contribution in [3.05, 3.63) is 76.0 Å². The third-order valence-electron chi connectivity index (χ3n) is 5.91. The standard InChI is InChI=1S/C25H22ClFN4O2S/c1-15-28-22(23(34-15)16-9-11-17(27)12-10-16)25(32)31-13-5-4-6-18(31)14-21-29-30-24(33-21)19-7-2-3-8-20(19)26/h2-3,7-12,18H,4-6,13-14H2,1H3. The van der Waals surface area contributed by atoms with Crippen LogP contribution in [0.1, 0.15) is 40.6 Å². The molecule has 5 rings (SSSR count). The molecule has 1 amide bonds. The van der Waals surface area contributed by atoms with E-state index in [4.69, 9.17) is 16.0 Å². The van der Waals surface area contributed by atoms with Gasteiger partial charge in [-0.2, -0.15) is 0 Å². The van der Waals surface area contributed by atoms with Crippen LogP contribution in [0.4, 0.5) is 4.39 Å². The summed E-state index contributed by atoms with van der Waals surface area (Å²) in [6.45, 7) is 2.51. The van der Waals surface area contributed by atoms with E-state index in [1.54, 1.807) is 18.2 Å². The van der Waals surface area contributed by atoms with Crippen LogP contribution in [0.3, 0.4) is 0 Å². The number of aryl methyl sites for hydroxylation is 1. The fourth-order valence-corrected chi connectivity index (χ4v) is 5.40. The quantitative estimate of drug-likeness (QED) is 0.329. The van der Waals surface area contributed by atoms with Crippen LogP contribution in [0, 0.1) is 12.7 Å². The van der Waals surface area contributed by atoms with Crippen LogP contribution in [0.25, 0.3) is 21.9 Å². The Labute approximate surface area is 205 Å². The van der Waals surface area contributed by atoms with Crippen molar-refractivity contribution >= 4 is 28.8 Å². The molecule has 9 heteroatoms. The molecule has 174 valence electrons. The number of amides is 1. The summed E-state index contributed by atoms with van der Waals surface area (Å²) in [5.41, 5.74) is 1.87. The smallest absolute Gasteiger partial charge is 0.274 e. The highest BCUT2D eigenvalue weighted by atomic mass is 35.5. The van der Waals surface area contributed by atoms with E-state index in [9.17, 15) is 9.18 Å². The molecule has 1 atom stereocenters. The van der Waals surface area contributed by atoms with E-state index >= 15 is 0 Å². The second-order valence-electron chi connectivity index (χ2n) is 8.25. The van der Waals surface area contributed by atoms with Crippen LogP contribution in [-0.2, 0) is 6.42 Å². The van der Waals surface area contributed by atoms with Gasteiger partial charge >= 0.3 is 0 Å². The molecule has 0 saturated carbocycles. The Bertz CT molecular complexity index is 1320. The van der Waals surface area contributed by atoms with Gasteiger partial charge in [-0.15, -0.1) is 21.5 Å². The van der Waals surface area contributed by atoms with Crippen molar-refractivity contribution in [1.29, 1.82) is 0 Å². The molecule has 0 radical (unpaired) electrons. The van der Waals surface area contributed by atoms with Gasteiger partial charge in [0.2, 0.25) is 11.8 Å². The number of carbonyl (C=O) groups excluding carboxylic acids is 1. The molecule has 2 aromatic carbocycles. The van der Waals surface area contributed by atoms with Crippen LogP contribution in [0.2, 0.25) is 5.02 Å². The van der Waals surface area contributed by atoms with Gasteiger partial charge in [0.05, 0.1) is 20.5 Å². The van der Waals surface area contributed by atoms with Gasteiger partial charge in [0, 0.05) is 19.0 Å². The molecule has 0 spiro atoms. The van der Waals surface area contributed by atoms with Crippen LogP contribution < -0.4 is 0 Å². The number of rotatable bonds is 5. The fraction of sp³-hybridized carbons (Fsp3) is 0.280. The lowest BCUT2D eigenvalue weighted by Crippen LogP contribution is -2.45. The number of hydrogen-bond acceptors (Lipinski definition) is 6. The zero-order chi connectivity index (χ0) is 23.7. The van der Waals surface area contributed by atoms with Crippen LogP contribution in [0.15, 0.2) is 52.9 Å². The van der Waals surface area contributed by atoms with Crippen molar-refractivity contribution in [2.45, 2.75) is 38.6 Å². The average molecular weight is 497 g/mol. The maximum atomic E-state index is 13.7. The molecule has 2 aromatic heterocycles. The van der Waals surface area contributed by atoms with Crippen LogP contribution in [-0.4, -0.2) is 38.6 Å². The highest BCUT2D eigenvalue weighted by Crippen LogP contribution is 2.33. The first kappa shape index (κ1) is 22.7. The van der Waals surface area contributed by atoms with E-state index in [0.29, 0.717) is 41.0 Å². The third kappa shape index (κ3) is 4.60. The largest absolute Gasteiger partial charge is 0.421 e. The number of hydrogen-bond donors (Lipinski definition) is 0. The molecule has 0 bridgehead atoms. The summed E-state index contributed by atoms with van der Waals surface area (Å²) in [6.07, 6.45) is 3.23. The van der Waals surface area contributed by atoms with E-state index in [-0.39, 0.29) is 17.8 Å². The van der Waals surface area contributed by atoms with Crippen molar-refractivity contribution in [1.82, 2.24) is 20.1 Å². The van der Waals surface area contributed by atoms with Crippen molar-refractivity contribution in [2.75, 3.05) is 6.54 Å².